The summed E-state index contributed by atoms with van der Waals surface area (Å²) in [4.78, 5) is 16.7. The molecule has 11 heteroatoms. The van der Waals surface area contributed by atoms with E-state index in [1.807, 2.05) is 28.8 Å². The van der Waals surface area contributed by atoms with E-state index in [2.05, 4.69) is 15.2 Å². The molecule has 1 N–H and O–H groups in total. The smallest absolute Gasteiger partial charge is 0.239 e. The van der Waals surface area contributed by atoms with Gasteiger partial charge in [0.25, 0.3) is 0 Å². The number of ether oxygens (including phenoxy) is 2. The summed E-state index contributed by atoms with van der Waals surface area (Å²) in [6.07, 6.45) is 3.17. The van der Waals surface area contributed by atoms with Gasteiger partial charge in [-0.15, -0.1) is 0 Å². The van der Waals surface area contributed by atoms with E-state index >= 15 is 0 Å². The van der Waals surface area contributed by atoms with Crippen molar-refractivity contribution in [1.82, 2.24) is 19.5 Å². The van der Waals surface area contributed by atoms with E-state index in [9.17, 15) is 8.42 Å². The summed E-state index contributed by atoms with van der Waals surface area (Å²) in [5.41, 5.74) is 2.10. The van der Waals surface area contributed by atoms with E-state index in [4.69, 9.17) is 19.4 Å². The second-order valence-corrected chi connectivity index (χ2v) is 11.2. The van der Waals surface area contributed by atoms with E-state index in [0.29, 0.717) is 68.4 Å². The largest absolute Gasteiger partial charge is 0.486 e. The molecule has 2 aliphatic heterocycles. The number of imidazole rings is 1. The Hall–Kier alpha value is -2.92. The fourth-order valence-corrected chi connectivity index (χ4v) is 6.61. The van der Waals surface area contributed by atoms with Crippen molar-refractivity contribution in [3.05, 3.63) is 30.0 Å². The van der Waals surface area contributed by atoms with Crippen LogP contribution in [0, 0.1) is 0 Å². The van der Waals surface area contributed by atoms with Gasteiger partial charge in [0, 0.05) is 19.8 Å². The molecule has 0 amide bonds. The van der Waals surface area contributed by atoms with Gasteiger partial charge in [-0.25, -0.2) is 23.0 Å². The number of rotatable bonds is 4. The average Bonchev–Trinajstić information content (AvgIpc) is 3.15. The maximum absolute atomic E-state index is 13.1. The lowest BCUT2D eigenvalue weighted by Gasteiger charge is -2.44. The molecule has 1 atom stereocenters. The minimum absolute atomic E-state index is 0.0285. The van der Waals surface area contributed by atoms with Gasteiger partial charge >= 0.3 is 0 Å². The van der Waals surface area contributed by atoms with E-state index < -0.39 is 14.6 Å². The van der Waals surface area contributed by atoms with Gasteiger partial charge in [-0.3, -0.25) is 0 Å². The number of morpholine rings is 1. The van der Waals surface area contributed by atoms with Crippen LogP contribution in [0.3, 0.4) is 0 Å². The summed E-state index contributed by atoms with van der Waals surface area (Å²) in [6.45, 7) is 2.20. The first-order chi connectivity index (χ1) is 15.9. The molecule has 4 heterocycles. The van der Waals surface area contributed by atoms with E-state index in [-0.39, 0.29) is 6.04 Å². The lowest BCUT2D eigenvalue weighted by atomic mass is 9.81. The fourth-order valence-electron chi connectivity index (χ4n) is 5.09. The Bertz CT molecular complexity index is 1350. The molecule has 1 aromatic carbocycles. The summed E-state index contributed by atoms with van der Waals surface area (Å²) >= 11 is 0. The van der Waals surface area contributed by atoms with Gasteiger partial charge in [0.15, 0.2) is 21.4 Å². The minimum Gasteiger partial charge on any atom is -0.486 e. The third kappa shape index (κ3) is 2.95. The van der Waals surface area contributed by atoms with Gasteiger partial charge in [0.2, 0.25) is 11.9 Å². The van der Waals surface area contributed by atoms with Crippen molar-refractivity contribution in [2.75, 3.05) is 49.9 Å². The third-order valence-corrected chi connectivity index (χ3v) is 9.06. The van der Waals surface area contributed by atoms with Gasteiger partial charge < -0.3 is 19.7 Å². The van der Waals surface area contributed by atoms with Crippen LogP contribution in [0.25, 0.3) is 17.0 Å². The molecule has 33 heavy (non-hydrogen) atoms. The van der Waals surface area contributed by atoms with Gasteiger partial charge in [0.1, 0.15) is 17.0 Å². The highest BCUT2D eigenvalue weighted by Crippen LogP contribution is 2.52. The quantitative estimate of drug-likeness (QED) is 0.611. The Balaban J connectivity index is 1.65. The van der Waals surface area contributed by atoms with Crippen molar-refractivity contribution in [1.29, 1.82) is 0 Å². The minimum atomic E-state index is -3.44. The van der Waals surface area contributed by atoms with E-state index in [1.54, 1.807) is 7.05 Å². The Morgan fingerprint density at radius 3 is 2.70 bits per heavy atom. The van der Waals surface area contributed by atoms with Crippen molar-refractivity contribution in [3.63, 3.8) is 0 Å². The number of benzene rings is 1. The summed E-state index contributed by atoms with van der Waals surface area (Å²) < 4.78 is 38.7. The number of hydrogen-bond acceptors (Lipinski definition) is 9. The first-order valence-corrected chi connectivity index (χ1v) is 13.1. The maximum Gasteiger partial charge on any atom is 0.239 e. The predicted octanol–water partition coefficient (Wildman–Crippen LogP) is 1.88. The molecule has 174 valence electrons. The number of nitrogens with one attached hydrogen (secondary N) is 1. The van der Waals surface area contributed by atoms with E-state index in [0.717, 1.165) is 17.5 Å². The van der Waals surface area contributed by atoms with Gasteiger partial charge in [-0.05, 0) is 31.4 Å². The summed E-state index contributed by atoms with van der Waals surface area (Å²) in [7, 11) is -1.65. The zero-order chi connectivity index (χ0) is 22.8. The highest BCUT2D eigenvalue weighted by atomic mass is 32.2. The number of fused-ring (bicyclic) bond motifs is 4. The van der Waals surface area contributed by atoms with Crippen molar-refractivity contribution < 1.29 is 17.9 Å². The number of anilines is 2. The van der Waals surface area contributed by atoms with Crippen molar-refractivity contribution in [2.45, 2.75) is 30.1 Å². The van der Waals surface area contributed by atoms with E-state index in [1.165, 1.54) is 6.26 Å². The Morgan fingerprint density at radius 2 is 1.97 bits per heavy atom. The molecule has 10 nitrogen and oxygen atoms in total. The molecule has 1 aliphatic carbocycles. The summed E-state index contributed by atoms with van der Waals surface area (Å²) in [5.74, 6) is 2.08. The topological polar surface area (TPSA) is 111 Å². The summed E-state index contributed by atoms with van der Waals surface area (Å²) in [5, 5.41) is 3.13. The molecule has 3 aromatic rings. The lowest BCUT2D eigenvalue weighted by molar-refractivity contribution is 0.0687. The van der Waals surface area contributed by atoms with Crippen LogP contribution in [0.1, 0.15) is 25.0 Å². The number of aromatic nitrogens is 4. The number of sulfone groups is 1. The molecule has 1 saturated heterocycles. The van der Waals surface area contributed by atoms with Crippen molar-refractivity contribution in [3.8, 4) is 11.7 Å². The molecule has 1 unspecified atom stereocenters. The highest BCUT2D eigenvalue weighted by molar-refractivity contribution is 7.91. The lowest BCUT2D eigenvalue weighted by Crippen LogP contribution is -2.52. The van der Waals surface area contributed by atoms with Crippen LogP contribution < -0.4 is 15.0 Å². The zero-order valence-corrected chi connectivity index (χ0v) is 19.4. The van der Waals surface area contributed by atoms with Gasteiger partial charge in [-0.2, -0.15) is 4.98 Å². The number of para-hydroxylation sites is 2. The molecule has 2 fully saturated rings. The average molecular weight is 471 g/mol. The first kappa shape index (κ1) is 20.7. The Kier molecular flexibility index (Phi) is 4.57. The predicted molar refractivity (Wildman–Crippen MR) is 124 cm³/mol. The molecular weight excluding hydrogens is 444 g/mol. The van der Waals surface area contributed by atoms with Gasteiger partial charge in [-0.1, -0.05) is 12.1 Å². The molecule has 6 rings (SSSR count). The van der Waals surface area contributed by atoms with Crippen LogP contribution in [0.15, 0.2) is 24.3 Å². The first-order valence-electron chi connectivity index (χ1n) is 11.2. The Morgan fingerprint density at radius 1 is 1.15 bits per heavy atom. The highest BCUT2D eigenvalue weighted by Gasteiger charge is 2.53. The van der Waals surface area contributed by atoms with Crippen LogP contribution in [0.4, 0.5) is 11.8 Å². The van der Waals surface area contributed by atoms with Crippen molar-refractivity contribution in [2.24, 2.45) is 0 Å². The van der Waals surface area contributed by atoms with Gasteiger partial charge in [0.05, 0.1) is 30.3 Å². The second-order valence-electron chi connectivity index (χ2n) is 8.89. The van der Waals surface area contributed by atoms with Crippen molar-refractivity contribution >= 4 is 32.6 Å². The molecule has 2 aromatic heterocycles. The van der Waals surface area contributed by atoms with Crippen LogP contribution >= 0.6 is 0 Å². The molecule has 3 aliphatic rings. The molecule has 0 radical (unpaired) electrons. The molecule has 0 spiro atoms. The molecular formula is C22H26N6O4S. The zero-order valence-electron chi connectivity index (χ0n) is 18.6. The SMILES string of the molecule is CNc1nc2ccccc2n1-c1nc2c(c(C3(S(C)(=O)=O)CCC3)n1)OCC1COCCN21. The standard InChI is InChI=1S/C22H26N6O4S/c1-23-20-24-15-6-3-4-7-16(15)28(20)21-25-18(22(8-5-9-22)33(2,29)30)17-19(26-21)27-10-11-31-12-14(27)13-32-17/h3-4,6-7,14H,5,8-13H2,1-2H3,(H,23,24). The fraction of sp³-hybridized carbons (Fsp3) is 0.500. The second kappa shape index (κ2) is 7.29. The number of hydrogen-bond donors (Lipinski definition) is 1. The molecule has 0 bridgehead atoms. The molecule has 1 saturated carbocycles. The Labute approximate surface area is 191 Å². The monoisotopic (exact) mass is 470 g/mol. The number of nitrogens with zero attached hydrogens (tertiary/aromatic N) is 5. The normalized spacial score (nSPS) is 21.6. The van der Waals surface area contributed by atoms with Crippen LogP contribution in [-0.4, -0.2) is 73.6 Å². The maximum atomic E-state index is 13.1. The van der Waals surface area contributed by atoms with Crippen LogP contribution in [-0.2, 0) is 19.3 Å². The van der Waals surface area contributed by atoms with Crippen LogP contribution in [0.5, 0.6) is 5.75 Å². The van der Waals surface area contributed by atoms with Crippen LogP contribution in [0.2, 0.25) is 0 Å². The summed E-state index contributed by atoms with van der Waals surface area (Å²) in [6, 6.07) is 7.77. The third-order valence-electron chi connectivity index (χ3n) is 7.04.